The van der Waals surface area contributed by atoms with E-state index < -0.39 is 11.7 Å². The molecule has 3 N–H and O–H groups in total. The summed E-state index contributed by atoms with van der Waals surface area (Å²) in [6, 6.07) is 4.41. The summed E-state index contributed by atoms with van der Waals surface area (Å²) in [5.41, 5.74) is 1.46. The number of ether oxygens (including phenoxy) is 1. The van der Waals surface area contributed by atoms with Crippen molar-refractivity contribution < 1.29 is 22.7 Å². The Hall–Kier alpha value is -2.26. The van der Waals surface area contributed by atoms with Crippen molar-refractivity contribution >= 4 is 18.3 Å². The molecular weight excluding hydrogens is 373 g/mol. The molecule has 0 saturated heterocycles. The lowest BCUT2D eigenvalue weighted by Crippen LogP contribution is -2.31. The van der Waals surface area contributed by atoms with Crippen molar-refractivity contribution in [1.82, 2.24) is 20.8 Å². The first kappa shape index (κ1) is 20.1. The molecule has 6 nitrogen and oxygen atoms in total. The van der Waals surface area contributed by atoms with Gasteiger partial charge in [0.15, 0.2) is 5.69 Å². The number of hydrogen-bond acceptors (Lipinski definition) is 4. The third-order valence-electron chi connectivity index (χ3n) is 3.86. The molecule has 0 saturated carbocycles. The average molecular weight is 391 g/mol. The lowest BCUT2D eigenvalue weighted by molar-refractivity contribution is -0.137. The topological polar surface area (TPSA) is 79.0 Å². The van der Waals surface area contributed by atoms with Crippen molar-refractivity contribution in [3.63, 3.8) is 0 Å². The molecule has 0 aliphatic carbocycles. The average Bonchev–Trinajstić information content (AvgIpc) is 3.02. The third-order valence-corrected chi connectivity index (χ3v) is 3.86. The molecule has 0 spiro atoms. The van der Waals surface area contributed by atoms with E-state index in [2.05, 4.69) is 20.8 Å². The predicted octanol–water partition coefficient (Wildman–Crippen LogP) is 2.30. The molecule has 0 unspecified atom stereocenters. The van der Waals surface area contributed by atoms with E-state index in [0.717, 1.165) is 36.4 Å². The van der Waals surface area contributed by atoms with Crippen LogP contribution in [-0.2, 0) is 19.1 Å². The third kappa shape index (κ3) is 4.67. The van der Waals surface area contributed by atoms with Gasteiger partial charge in [-0.05, 0) is 24.3 Å². The summed E-state index contributed by atoms with van der Waals surface area (Å²) < 4.78 is 42.7. The highest BCUT2D eigenvalue weighted by molar-refractivity contribution is 5.94. The van der Waals surface area contributed by atoms with Gasteiger partial charge in [0.05, 0.1) is 12.1 Å². The number of carbonyl (C=O) groups is 1. The lowest BCUT2D eigenvalue weighted by Gasteiger charge is -2.13. The van der Waals surface area contributed by atoms with Crippen molar-refractivity contribution in [3.05, 3.63) is 46.8 Å². The van der Waals surface area contributed by atoms with Gasteiger partial charge in [-0.2, -0.15) is 18.3 Å². The highest BCUT2D eigenvalue weighted by Crippen LogP contribution is 2.30. The number of hydrogen-bond donors (Lipinski definition) is 3. The van der Waals surface area contributed by atoms with Crippen LogP contribution in [0.15, 0.2) is 24.3 Å². The summed E-state index contributed by atoms with van der Waals surface area (Å²) in [7, 11) is 0. The summed E-state index contributed by atoms with van der Waals surface area (Å²) in [6.07, 6.45) is -3.57. The van der Waals surface area contributed by atoms with Crippen LogP contribution in [0, 0.1) is 0 Å². The number of rotatable bonds is 5. The zero-order valence-corrected chi connectivity index (χ0v) is 14.5. The van der Waals surface area contributed by atoms with E-state index in [0.29, 0.717) is 18.0 Å². The van der Waals surface area contributed by atoms with Crippen molar-refractivity contribution in [3.8, 4) is 5.75 Å². The van der Waals surface area contributed by atoms with Crippen molar-refractivity contribution in [2.75, 3.05) is 19.7 Å². The summed E-state index contributed by atoms with van der Waals surface area (Å²) in [5.74, 6) is 0.000757. The zero-order chi connectivity index (χ0) is 17.9. The molecule has 2 aromatic rings. The number of aromatic amines is 1. The van der Waals surface area contributed by atoms with Gasteiger partial charge in [0, 0.05) is 30.8 Å². The molecule has 0 radical (unpaired) electrons. The second kappa shape index (κ2) is 8.41. The molecule has 1 aliphatic heterocycles. The Balaban J connectivity index is 0.00000243. The fraction of sp³-hybridized carbons (Fsp3) is 0.375. The standard InChI is InChI=1S/C16H17F3N4O2.ClH/c17-16(18,19)10-1-3-11(4-2-10)25-8-7-21-15(24)14-12-9-20-6-5-13(12)22-23-14;/h1-4,20H,5-9H2,(H,21,24)(H,22,23);1H. The van der Waals surface area contributed by atoms with E-state index in [-0.39, 0.29) is 31.5 Å². The minimum atomic E-state index is -4.37. The minimum absolute atomic E-state index is 0. The molecule has 1 aromatic heterocycles. The molecule has 0 atom stereocenters. The summed E-state index contributed by atoms with van der Waals surface area (Å²) in [5, 5.41) is 12.8. The quantitative estimate of drug-likeness (QED) is 0.684. The zero-order valence-electron chi connectivity index (χ0n) is 13.7. The molecule has 2 heterocycles. The Morgan fingerprint density at radius 1 is 1.27 bits per heavy atom. The Labute approximate surface area is 153 Å². The Kier molecular flexibility index (Phi) is 6.49. The van der Waals surface area contributed by atoms with E-state index in [1.54, 1.807) is 0 Å². The molecule has 26 heavy (non-hydrogen) atoms. The fourth-order valence-electron chi connectivity index (χ4n) is 2.57. The van der Waals surface area contributed by atoms with E-state index >= 15 is 0 Å². The van der Waals surface area contributed by atoms with Crippen LogP contribution in [0.3, 0.4) is 0 Å². The van der Waals surface area contributed by atoms with E-state index in [1.807, 2.05) is 0 Å². The summed E-state index contributed by atoms with van der Waals surface area (Å²) in [4.78, 5) is 12.1. The lowest BCUT2D eigenvalue weighted by atomic mass is 10.1. The first-order valence-electron chi connectivity index (χ1n) is 7.80. The number of fused-ring (bicyclic) bond motifs is 1. The van der Waals surface area contributed by atoms with Crippen molar-refractivity contribution in [2.24, 2.45) is 0 Å². The maximum atomic E-state index is 12.5. The van der Waals surface area contributed by atoms with Crippen LogP contribution in [0.25, 0.3) is 0 Å². The summed E-state index contributed by atoms with van der Waals surface area (Å²) >= 11 is 0. The largest absolute Gasteiger partial charge is 0.492 e. The summed E-state index contributed by atoms with van der Waals surface area (Å²) in [6.45, 7) is 1.80. The highest BCUT2D eigenvalue weighted by atomic mass is 35.5. The first-order chi connectivity index (χ1) is 11.9. The number of nitrogens with zero attached hydrogens (tertiary/aromatic N) is 1. The molecule has 1 amide bonds. The van der Waals surface area contributed by atoms with Crippen LogP contribution in [0.2, 0.25) is 0 Å². The van der Waals surface area contributed by atoms with Crippen molar-refractivity contribution in [2.45, 2.75) is 19.1 Å². The molecule has 10 heteroatoms. The van der Waals surface area contributed by atoms with E-state index in [4.69, 9.17) is 4.74 Å². The normalized spacial score (nSPS) is 13.5. The van der Waals surface area contributed by atoms with Crippen molar-refractivity contribution in [1.29, 1.82) is 0 Å². The smallest absolute Gasteiger partial charge is 0.416 e. The van der Waals surface area contributed by atoms with Crippen LogP contribution < -0.4 is 15.4 Å². The van der Waals surface area contributed by atoms with Gasteiger partial charge >= 0.3 is 6.18 Å². The first-order valence-corrected chi connectivity index (χ1v) is 7.80. The molecule has 1 aliphatic rings. The van der Waals surface area contributed by atoms with Gasteiger partial charge in [-0.1, -0.05) is 0 Å². The number of halogens is 4. The SMILES string of the molecule is Cl.O=C(NCCOc1ccc(C(F)(F)F)cc1)c1n[nH]c2c1CNCC2. The van der Waals surface area contributed by atoms with Gasteiger partial charge in [0.2, 0.25) is 0 Å². The Morgan fingerprint density at radius 2 is 2.00 bits per heavy atom. The van der Waals surface area contributed by atoms with E-state index in [9.17, 15) is 18.0 Å². The molecule has 0 bridgehead atoms. The number of carbonyl (C=O) groups excluding carboxylic acids is 1. The number of H-pyrrole nitrogens is 1. The van der Waals surface area contributed by atoms with Gasteiger partial charge in [0.1, 0.15) is 12.4 Å². The van der Waals surface area contributed by atoms with Crippen LogP contribution in [0.5, 0.6) is 5.75 Å². The molecule has 142 valence electrons. The number of amides is 1. The monoisotopic (exact) mass is 390 g/mol. The highest BCUT2D eigenvalue weighted by Gasteiger charge is 2.30. The second-order valence-electron chi connectivity index (χ2n) is 5.58. The number of alkyl halides is 3. The molecule has 3 rings (SSSR count). The fourth-order valence-corrected chi connectivity index (χ4v) is 2.57. The molecule has 0 fully saturated rings. The van der Waals surface area contributed by atoms with Crippen LogP contribution in [0.1, 0.15) is 27.3 Å². The number of aromatic nitrogens is 2. The predicted molar refractivity (Wildman–Crippen MR) is 90.5 cm³/mol. The van der Waals surface area contributed by atoms with Gasteiger partial charge in [-0.25, -0.2) is 0 Å². The van der Waals surface area contributed by atoms with E-state index in [1.165, 1.54) is 12.1 Å². The maximum Gasteiger partial charge on any atom is 0.416 e. The Morgan fingerprint density at radius 3 is 2.69 bits per heavy atom. The second-order valence-corrected chi connectivity index (χ2v) is 5.58. The van der Waals surface area contributed by atoms with Crippen LogP contribution in [-0.4, -0.2) is 35.8 Å². The molecular formula is C16H18ClF3N4O2. The minimum Gasteiger partial charge on any atom is -0.492 e. The number of benzene rings is 1. The van der Waals surface area contributed by atoms with Crippen LogP contribution >= 0.6 is 12.4 Å². The molecule has 1 aromatic carbocycles. The van der Waals surface area contributed by atoms with Crippen LogP contribution in [0.4, 0.5) is 13.2 Å². The van der Waals surface area contributed by atoms with Gasteiger partial charge in [-0.15, -0.1) is 12.4 Å². The van der Waals surface area contributed by atoms with Gasteiger partial charge < -0.3 is 15.4 Å². The maximum absolute atomic E-state index is 12.5. The van der Waals surface area contributed by atoms with Gasteiger partial charge in [0.25, 0.3) is 5.91 Å². The van der Waals surface area contributed by atoms with Gasteiger partial charge in [-0.3, -0.25) is 9.89 Å². The number of nitrogens with one attached hydrogen (secondary N) is 3. The Bertz CT molecular complexity index is 747.